The van der Waals surface area contributed by atoms with Gasteiger partial charge in [-0.15, -0.1) is 0 Å². The minimum Gasteiger partial charge on any atom is -0.379 e. The highest BCUT2D eigenvalue weighted by atomic mass is 15.1. The van der Waals surface area contributed by atoms with Crippen LogP contribution in [0.5, 0.6) is 0 Å². The molecule has 1 aromatic heterocycles. The van der Waals surface area contributed by atoms with E-state index in [-0.39, 0.29) is 0 Å². The predicted molar refractivity (Wildman–Crippen MR) is 78.2 cm³/mol. The minimum atomic E-state index is 0.535. The number of nitrogens with zero attached hydrogens (tertiary/aromatic N) is 2. The van der Waals surface area contributed by atoms with Crippen LogP contribution in [0.2, 0.25) is 0 Å². The molecule has 2 rings (SSSR count). The van der Waals surface area contributed by atoms with Crippen molar-refractivity contribution in [2.45, 2.75) is 45.1 Å². The van der Waals surface area contributed by atoms with Gasteiger partial charge in [-0.2, -0.15) is 0 Å². The van der Waals surface area contributed by atoms with E-state index in [2.05, 4.69) is 42.3 Å². The number of pyridine rings is 1. The molecule has 1 unspecified atom stereocenters. The molecule has 18 heavy (non-hydrogen) atoms. The maximum atomic E-state index is 4.24. The summed E-state index contributed by atoms with van der Waals surface area (Å²) in [7, 11) is 4.15. The first kappa shape index (κ1) is 13.2. The van der Waals surface area contributed by atoms with Gasteiger partial charge < -0.3 is 10.2 Å². The second-order valence-corrected chi connectivity index (χ2v) is 5.62. The van der Waals surface area contributed by atoms with Gasteiger partial charge in [0.25, 0.3) is 0 Å². The van der Waals surface area contributed by atoms with Crippen LogP contribution in [0.25, 0.3) is 0 Å². The summed E-state index contributed by atoms with van der Waals surface area (Å²) in [5.74, 6) is 0.814. The van der Waals surface area contributed by atoms with E-state index in [1.54, 1.807) is 0 Å². The minimum absolute atomic E-state index is 0.535. The van der Waals surface area contributed by atoms with E-state index in [0.717, 1.165) is 11.6 Å². The second kappa shape index (κ2) is 6.07. The van der Waals surface area contributed by atoms with Crippen molar-refractivity contribution in [1.82, 2.24) is 4.98 Å². The van der Waals surface area contributed by atoms with E-state index in [1.165, 1.54) is 37.8 Å². The van der Waals surface area contributed by atoms with Gasteiger partial charge in [-0.3, -0.25) is 4.98 Å². The summed E-state index contributed by atoms with van der Waals surface area (Å²) in [5, 5.41) is 3.66. The lowest BCUT2D eigenvalue weighted by atomic mass is 9.84. The van der Waals surface area contributed by atoms with Crippen LogP contribution < -0.4 is 10.2 Å². The van der Waals surface area contributed by atoms with Crippen LogP contribution in [-0.2, 0) is 0 Å². The highest BCUT2D eigenvalue weighted by molar-refractivity contribution is 5.68. The van der Waals surface area contributed by atoms with Crippen molar-refractivity contribution in [3.8, 4) is 0 Å². The number of aromatic nitrogens is 1. The van der Waals surface area contributed by atoms with Crippen molar-refractivity contribution in [3.05, 3.63) is 18.5 Å². The van der Waals surface area contributed by atoms with Gasteiger partial charge in [0.15, 0.2) is 0 Å². The third kappa shape index (κ3) is 3.15. The molecule has 0 aromatic carbocycles. The standard InChI is InChI=1S/C15H25N3/c1-12(13-7-5-4-6-8-13)17-14-11-16-10-9-15(14)18(2)3/h9-13,17H,4-8H2,1-3H3. The second-order valence-electron chi connectivity index (χ2n) is 5.62. The van der Waals surface area contributed by atoms with Crippen molar-refractivity contribution in [2.24, 2.45) is 5.92 Å². The first-order chi connectivity index (χ1) is 8.68. The smallest absolute Gasteiger partial charge is 0.0766 e. The zero-order valence-corrected chi connectivity index (χ0v) is 11.8. The Hall–Kier alpha value is -1.25. The fourth-order valence-electron chi connectivity index (χ4n) is 2.89. The molecule has 1 aliphatic carbocycles. The van der Waals surface area contributed by atoms with E-state index in [9.17, 15) is 0 Å². The first-order valence-electron chi connectivity index (χ1n) is 7.06. The molecule has 3 nitrogen and oxygen atoms in total. The summed E-state index contributed by atoms with van der Waals surface area (Å²) >= 11 is 0. The molecule has 1 atom stereocenters. The van der Waals surface area contributed by atoms with E-state index in [4.69, 9.17) is 0 Å². The fraction of sp³-hybridized carbons (Fsp3) is 0.667. The van der Waals surface area contributed by atoms with E-state index < -0.39 is 0 Å². The molecule has 0 saturated heterocycles. The van der Waals surface area contributed by atoms with Gasteiger partial charge in [-0.25, -0.2) is 0 Å². The highest BCUT2D eigenvalue weighted by Gasteiger charge is 2.20. The Morgan fingerprint density at radius 3 is 2.67 bits per heavy atom. The number of anilines is 2. The summed E-state index contributed by atoms with van der Waals surface area (Å²) in [6, 6.07) is 2.60. The molecule has 0 bridgehead atoms. The lowest BCUT2D eigenvalue weighted by Gasteiger charge is -2.30. The predicted octanol–water partition coefficient (Wildman–Crippen LogP) is 3.53. The van der Waals surface area contributed by atoms with Crippen molar-refractivity contribution >= 4 is 11.4 Å². The van der Waals surface area contributed by atoms with Gasteiger partial charge in [0.1, 0.15) is 0 Å². The normalized spacial score (nSPS) is 18.4. The summed E-state index contributed by atoms with van der Waals surface area (Å²) in [6.45, 7) is 2.31. The van der Waals surface area contributed by atoms with Crippen molar-refractivity contribution < 1.29 is 0 Å². The molecule has 100 valence electrons. The van der Waals surface area contributed by atoms with Gasteiger partial charge >= 0.3 is 0 Å². The van der Waals surface area contributed by atoms with Crippen molar-refractivity contribution in [2.75, 3.05) is 24.3 Å². The summed E-state index contributed by atoms with van der Waals surface area (Å²) in [5.41, 5.74) is 2.37. The largest absolute Gasteiger partial charge is 0.379 e. The molecular formula is C15H25N3. The average molecular weight is 247 g/mol. The van der Waals surface area contributed by atoms with Gasteiger partial charge in [-0.05, 0) is 31.7 Å². The zero-order valence-electron chi connectivity index (χ0n) is 11.8. The average Bonchev–Trinajstić information content (AvgIpc) is 2.40. The van der Waals surface area contributed by atoms with Crippen LogP contribution in [0.1, 0.15) is 39.0 Å². The van der Waals surface area contributed by atoms with Crippen molar-refractivity contribution in [1.29, 1.82) is 0 Å². The number of nitrogens with one attached hydrogen (secondary N) is 1. The Morgan fingerprint density at radius 1 is 1.28 bits per heavy atom. The Kier molecular flexibility index (Phi) is 4.45. The van der Waals surface area contributed by atoms with Gasteiger partial charge in [-0.1, -0.05) is 19.3 Å². The van der Waals surface area contributed by atoms with Crippen LogP contribution in [0.3, 0.4) is 0 Å². The third-order valence-corrected chi connectivity index (χ3v) is 4.02. The Balaban J connectivity index is 2.03. The third-order valence-electron chi connectivity index (χ3n) is 4.02. The van der Waals surface area contributed by atoms with E-state index in [1.807, 2.05) is 12.4 Å². The van der Waals surface area contributed by atoms with Crippen LogP contribution in [-0.4, -0.2) is 25.1 Å². The quantitative estimate of drug-likeness (QED) is 0.882. The van der Waals surface area contributed by atoms with E-state index in [0.29, 0.717) is 6.04 Å². The van der Waals surface area contributed by atoms with Crippen LogP contribution in [0.15, 0.2) is 18.5 Å². The molecule has 1 heterocycles. The lowest BCUT2D eigenvalue weighted by molar-refractivity contribution is 0.328. The van der Waals surface area contributed by atoms with Gasteiger partial charge in [0.05, 0.1) is 17.6 Å². The molecule has 0 aliphatic heterocycles. The molecule has 1 aromatic rings. The highest BCUT2D eigenvalue weighted by Crippen LogP contribution is 2.30. The molecule has 0 radical (unpaired) electrons. The van der Waals surface area contributed by atoms with Gasteiger partial charge in [0, 0.05) is 26.3 Å². The topological polar surface area (TPSA) is 28.2 Å². The molecule has 0 spiro atoms. The van der Waals surface area contributed by atoms with Crippen LogP contribution in [0, 0.1) is 5.92 Å². The molecule has 1 saturated carbocycles. The Bertz CT molecular complexity index is 370. The molecule has 0 amide bonds. The summed E-state index contributed by atoms with van der Waals surface area (Å²) in [4.78, 5) is 6.37. The lowest BCUT2D eigenvalue weighted by Crippen LogP contribution is -2.28. The summed E-state index contributed by atoms with van der Waals surface area (Å²) < 4.78 is 0. The Morgan fingerprint density at radius 2 is 2.00 bits per heavy atom. The number of hydrogen-bond acceptors (Lipinski definition) is 3. The van der Waals surface area contributed by atoms with Crippen LogP contribution in [0.4, 0.5) is 11.4 Å². The van der Waals surface area contributed by atoms with Gasteiger partial charge in [0.2, 0.25) is 0 Å². The van der Waals surface area contributed by atoms with Crippen molar-refractivity contribution in [3.63, 3.8) is 0 Å². The number of rotatable bonds is 4. The summed E-state index contributed by atoms with van der Waals surface area (Å²) in [6.07, 6.45) is 10.7. The van der Waals surface area contributed by atoms with E-state index >= 15 is 0 Å². The molecule has 3 heteroatoms. The molecule has 1 fully saturated rings. The monoisotopic (exact) mass is 247 g/mol. The fourth-order valence-corrected chi connectivity index (χ4v) is 2.89. The first-order valence-corrected chi connectivity index (χ1v) is 7.06. The SMILES string of the molecule is CC(Nc1cnccc1N(C)C)C1CCCCC1. The molecule has 1 aliphatic rings. The maximum absolute atomic E-state index is 4.24. The molecular weight excluding hydrogens is 222 g/mol. The maximum Gasteiger partial charge on any atom is 0.0766 e. The molecule has 1 N–H and O–H groups in total. The number of hydrogen-bond donors (Lipinski definition) is 1. The van der Waals surface area contributed by atoms with Crippen LogP contribution >= 0.6 is 0 Å². The Labute approximate surface area is 111 Å². The zero-order chi connectivity index (χ0) is 13.0.